The van der Waals surface area contributed by atoms with E-state index in [-0.39, 0.29) is 58.3 Å². The monoisotopic (exact) mass is 809 g/mol. The van der Waals surface area contributed by atoms with Crippen molar-refractivity contribution in [1.29, 1.82) is 0 Å². The molecule has 3 aromatic carbocycles. The van der Waals surface area contributed by atoms with Crippen LogP contribution in [0.5, 0.6) is 11.5 Å². The van der Waals surface area contributed by atoms with Crippen molar-refractivity contribution in [3.05, 3.63) is 124 Å². The number of carbonyl (C=O) groups excluding carboxylic acids is 2. The first kappa shape index (κ1) is 42.5. The number of aryl methyl sites for hydroxylation is 1. The molecular weight excluding hydrogens is 762 g/mol. The molecule has 59 heavy (non-hydrogen) atoms. The smallest absolute Gasteiger partial charge is 0.335 e. The highest BCUT2D eigenvalue weighted by Gasteiger charge is 2.67. The van der Waals surface area contributed by atoms with E-state index in [1.807, 2.05) is 30.6 Å². The van der Waals surface area contributed by atoms with E-state index in [4.69, 9.17) is 19.6 Å². The molecular formula is C44H47N3O12. The average Bonchev–Trinajstić information content (AvgIpc) is 3.74. The molecule has 1 amide bonds. The first-order valence-electron chi connectivity index (χ1n) is 19.1. The molecule has 1 aliphatic heterocycles. The summed E-state index contributed by atoms with van der Waals surface area (Å²) < 4.78 is 17.3. The molecule has 2 aromatic heterocycles. The number of hydrogen-bond acceptors (Lipinski definition) is 12. The van der Waals surface area contributed by atoms with Crippen molar-refractivity contribution in [3.8, 4) is 22.6 Å². The van der Waals surface area contributed by atoms with Gasteiger partial charge in [0.2, 0.25) is 17.5 Å². The van der Waals surface area contributed by atoms with E-state index in [1.165, 1.54) is 42.0 Å². The lowest BCUT2D eigenvalue weighted by Gasteiger charge is -2.51. The fraction of sp³-hybridized carbons (Fsp3) is 0.318. The van der Waals surface area contributed by atoms with E-state index in [2.05, 4.69) is 48.4 Å². The number of carboxylic acids is 1. The van der Waals surface area contributed by atoms with Gasteiger partial charge < -0.3 is 55.5 Å². The number of fused-ring (bicyclic) bond motifs is 1. The van der Waals surface area contributed by atoms with Crippen molar-refractivity contribution in [3.63, 3.8) is 0 Å². The third-order valence-corrected chi connectivity index (χ3v) is 11.0. The maximum Gasteiger partial charge on any atom is 0.335 e. The largest absolute Gasteiger partial charge is 0.508 e. The summed E-state index contributed by atoms with van der Waals surface area (Å²) in [5.41, 5.74) is 2.24. The predicted molar refractivity (Wildman–Crippen MR) is 216 cm³/mol. The number of aldehydes is 1. The van der Waals surface area contributed by atoms with Gasteiger partial charge in [0.25, 0.3) is 5.91 Å². The second kappa shape index (κ2) is 17.8. The molecule has 0 bridgehead atoms. The number of hydrogen-bond donors (Lipinski definition) is 8. The van der Waals surface area contributed by atoms with Gasteiger partial charge in [0, 0.05) is 25.0 Å². The highest BCUT2D eigenvalue weighted by molar-refractivity contribution is 5.99. The fourth-order valence-electron chi connectivity index (χ4n) is 7.48. The number of H-pyrrole nitrogens is 1. The Morgan fingerprint density at radius 3 is 2.49 bits per heavy atom. The number of rotatable bonds is 17. The standard InChI is InChI=1S/C44H47N3O12/c1-3-27-8-4-5-9-28(27)10-6-7-25(2)30(19-26-17-18-46-21-26)22-47-23-43(55)42(59-38(41(53)54)39(51)44(43,56)24-48)57-32-15-16-33-34(20-32)58-37(40(45)52)35(36(33)50)29-11-13-31(49)14-12-29/h4-6,8-18,20-21,24-25,30,38-39,42,46-47,49,51,55-56H,3,7,19,22-23H2,1-2H3,(H2,45,52)(H,53,54)/b10-6+/t25-,30-,38-,39+,42+,43-,44-/m0/s1. The second-order valence-corrected chi connectivity index (χ2v) is 14.8. The van der Waals surface area contributed by atoms with Gasteiger partial charge in [-0.2, -0.15) is 0 Å². The number of aromatic amines is 1. The number of aliphatic hydroxyl groups excluding tert-OH is 1. The van der Waals surface area contributed by atoms with Crippen molar-refractivity contribution in [2.24, 2.45) is 17.6 Å². The Balaban J connectivity index is 1.29. The Kier molecular flexibility index (Phi) is 12.8. The molecule has 1 aliphatic rings. The van der Waals surface area contributed by atoms with Gasteiger partial charge in [-0.25, -0.2) is 4.79 Å². The number of allylic oxidation sites excluding steroid dienone is 1. The lowest BCUT2D eigenvalue weighted by Crippen LogP contribution is -2.79. The number of aromatic hydroxyl groups is 1. The Bertz CT molecular complexity index is 2380. The summed E-state index contributed by atoms with van der Waals surface area (Å²) in [4.78, 5) is 54.1. The number of aromatic nitrogens is 1. The number of aliphatic hydroxyl groups is 3. The van der Waals surface area contributed by atoms with Crippen molar-refractivity contribution in [2.45, 2.75) is 62.8 Å². The number of nitrogens with one attached hydrogen (secondary N) is 2. The normalized spacial score (nSPS) is 22.9. The number of carbonyl (C=O) groups is 3. The maximum atomic E-state index is 13.7. The minimum Gasteiger partial charge on any atom is -0.508 e. The molecule has 0 spiro atoms. The molecule has 15 nitrogen and oxygen atoms in total. The zero-order chi connectivity index (χ0) is 42.5. The number of ether oxygens (including phenoxy) is 2. The molecule has 0 aliphatic carbocycles. The number of nitrogens with two attached hydrogens (primary N) is 1. The molecule has 0 saturated carbocycles. The van der Waals surface area contributed by atoms with E-state index < -0.39 is 59.3 Å². The Morgan fingerprint density at radius 2 is 1.83 bits per heavy atom. The van der Waals surface area contributed by atoms with Crippen LogP contribution < -0.4 is 21.2 Å². The first-order chi connectivity index (χ1) is 28.2. The van der Waals surface area contributed by atoms with Crippen LogP contribution in [0.4, 0.5) is 0 Å². The summed E-state index contributed by atoms with van der Waals surface area (Å²) >= 11 is 0. The Hall–Kier alpha value is -6.10. The van der Waals surface area contributed by atoms with Crippen molar-refractivity contribution < 1.29 is 53.8 Å². The van der Waals surface area contributed by atoms with E-state index in [0.717, 1.165) is 23.6 Å². The van der Waals surface area contributed by atoms with Crippen LogP contribution in [0.2, 0.25) is 0 Å². The molecule has 0 radical (unpaired) electrons. The Labute approximate surface area is 338 Å². The zero-order valence-corrected chi connectivity index (χ0v) is 32.4. The van der Waals surface area contributed by atoms with Gasteiger partial charge in [0.15, 0.2) is 23.6 Å². The van der Waals surface area contributed by atoms with Gasteiger partial charge in [0.1, 0.15) is 23.2 Å². The molecule has 1 saturated heterocycles. The molecule has 0 unspecified atom stereocenters. The van der Waals surface area contributed by atoms with Crippen LogP contribution in [0.15, 0.2) is 100 Å². The van der Waals surface area contributed by atoms with E-state index in [1.54, 1.807) is 0 Å². The molecule has 1 fully saturated rings. The SMILES string of the molecule is CCc1ccccc1/C=C/C[C@H](C)[C@H](CNC[C@]1(O)[C@H](Oc2ccc3c(=O)c(-c4ccc(O)cc4)c(C(N)=O)oc3c2)O[C@H](C(=O)O)[C@@H](O)[C@@]1(O)C=O)Cc1cc[nH]c1. The number of amides is 1. The van der Waals surface area contributed by atoms with Crippen LogP contribution in [0.3, 0.4) is 0 Å². The summed E-state index contributed by atoms with van der Waals surface area (Å²) in [6.45, 7) is 3.78. The van der Waals surface area contributed by atoms with E-state index in [9.17, 15) is 44.7 Å². The number of carboxylic acid groups (broad SMARTS) is 1. The van der Waals surface area contributed by atoms with Crippen LogP contribution >= 0.6 is 0 Å². The zero-order valence-electron chi connectivity index (χ0n) is 32.4. The predicted octanol–water partition coefficient (Wildman–Crippen LogP) is 3.55. The summed E-state index contributed by atoms with van der Waals surface area (Å²) in [7, 11) is 0. The first-order valence-corrected chi connectivity index (χ1v) is 19.1. The van der Waals surface area contributed by atoms with E-state index in [0.29, 0.717) is 12.8 Å². The van der Waals surface area contributed by atoms with E-state index >= 15 is 0 Å². The fourth-order valence-corrected chi connectivity index (χ4v) is 7.48. The minimum atomic E-state index is -3.13. The van der Waals surface area contributed by atoms with Gasteiger partial charge >= 0.3 is 5.97 Å². The highest BCUT2D eigenvalue weighted by Crippen LogP contribution is 2.39. The summed E-state index contributed by atoms with van der Waals surface area (Å²) in [6, 6.07) is 19.2. The van der Waals surface area contributed by atoms with Crippen molar-refractivity contribution >= 4 is 35.2 Å². The number of aliphatic carboxylic acids is 1. The quantitative estimate of drug-likeness (QED) is 0.0627. The molecule has 310 valence electrons. The average molecular weight is 810 g/mol. The highest BCUT2D eigenvalue weighted by atomic mass is 16.7. The Morgan fingerprint density at radius 1 is 1.08 bits per heavy atom. The van der Waals surface area contributed by atoms with Gasteiger partial charge in [-0.05, 0) is 90.2 Å². The van der Waals surface area contributed by atoms with Crippen LogP contribution in [-0.2, 0) is 27.2 Å². The van der Waals surface area contributed by atoms with Crippen LogP contribution in [0.25, 0.3) is 28.2 Å². The molecule has 15 heteroatoms. The third kappa shape index (κ3) is 8.70. The maximum absolute atomic E-state index is 13.7. The molecule has 3 heterocycles. The van der Waals surface area contributed by atoms with Gasteiger partial charge in [-0.1, -0.05) is 62.4 Å². The van der Waals surface area contributed by atoms with Crippen LogP contribution in [-0.4, -0.2) is 91.5 Å². The minimum absolute atomic E-state index is 0.0258. The number of phenols is 1. The third-order valence-electron chi connectivity index (χ3n) is 11.0. The van der Waals surface area contributed by atoms with Gasteiger partial charge in [0.05, 0.1) is 10.9 Å². The van der Waals surface area contributed by atoms with Crippen molar-refractivity contribution in [2.75, 3.05) is 13.1 Å². The summed E-state index contributed by atoms with van der Waals surface area (Å²) in [5, 5.41) is 57.7. The van der Waals surface area contributed by atoms with Crippen LogP contribution in [0, 0.1) is 11.8 Å². The number of primary amides is 1. The number of phenolic OH excluding ortho intramolecular Hbond substituents is 1. The molecule has 7 atom stereocenters. The molecule has 6 rings (SSSR count). The lowest BCUT2D eigenvalue weighted by molar-refractivity contribution is -0.334. The van der Waals surface area contributed by atoms with Gasteiger partial charge in [-0.15, -0.1) is 0 Å². The van der Waals surface area contributed by atoms with Crippen LogP contribution in [0.1, 0.15) is 47.5 Å². The number of benzene rings is 3. The molecule has 5 aromatic rings. The second-order valence-electron chi connectivity index (χ2n) is 14.8. The lowest BCUT2D eigenvalue weighted by atomic mass is 9.74. The summed E-state index contributed by atoms with van der Waals surface area (Å²) in [6.07, 6.45) is 3.15. The van der Waals surface area contributed by atoms with Crippen molar-refractivity contribution in [1.82, 2.24) is 10.3 Å². The summed E-state index contributed by atoms with van der Waals surface area (Å²) in [5.74, 6) is -3.62. The van der Waals surface area contributed by atoms with Gasteiger partial charge in [-0.3, -0.25) is 14.4 Å². The topological polar surface area (TPSA) is 255 Å². The molecule has 9 N–H and O–H groups in total.